The summed E-state index contributed by atoms with van der Waals surface area (Å²) in [6.45, 7) is 0.897. The van der Waals surface area contributed by atoms with Crippen LogP contribution in [0.4, 0.5) is 0 Å². The normalized spacial score (nSPS) is 22.4. The van der Waals surface area contributed by atoms with Gasteiger partial charge in [0.25, 0.3) is 0 Å². The second-order valence-corrected chi connectivity index (χ2v) is 4.38. The van der Waals surface area contributed by atoms with Crippen molar-refractivity contribution in [2.45, 2.75) is 25.1 Å². The highest BCUT2D eigenvalue weighted by molar-refractivity contribution is 5.82. The van der Waals surface area contributed by atoms with Crippen LogP contribution >= 0.6 is 0 Å². The number of carbonyl (C=O) groups is 1. The lowest BCUT2D eigenvalue weighted by atomic mass is 10.1. The second kappa shape index (κ2) is 5.63. The molecule has 0 saturated carbocycles. The average Bonchev–Trinajstić information content (AvgIpc) is 2.83. The van der Waals surface area contributed by atoms with Gasteiger partial charge >= 0.3 is 0 Å². The molecule has 1 aromatic rings. The van der Waals surface area contributed by atoms with Gasteiger partial charge in [0.2, 0.25) is 5.91 Å². The molecule has 1 amide bonds. The standard InChI is InChI=1S/C13H15N3O2/c14-6-9-1-3-10(4-2-9)7-16-13(18)12-5-11(17)8-15-12/h1-4,11-12,15,17H,5,7-8H2,(H,16,18). The number of aliphatic hydroxyl groups excluding tert-OH is 1. The Kier molecular flexibility index (Phi) is 3.92. The van der Waals surface area contributed by atoms with Crippen LogP contribution in [0, 0.1) is 11.3 Å². The molecule has 0 radical (unpaired) electrons. The zero-order chi connectivity index (χ0) is 13.0. The highest BCUT2D eigenvalue weighted by Crippen LogP contribution is 2.07. The number of benzene rings is 1. The van der Waals surface area contributed by atoms with E-state index in [1.165, 1.54) is 0 Å². The summed E-state index contributed by atoms with van der Waals surface area (Å²) in [5.41, 5.74) is 1.55. The predicted molar refractivity (Wildman–Crippen MR) is 65.4 cm³/mol. The Labute approximate surface area is 105 Å². The molecule has 1 fully saturated rings. The Morgan fingerprint density at radius 2 is 2.22 bits per heavy atom. The fourth-order valence-corrected chi connectivity index (χ4v) is 1.93. The molecule has 1 saturated heterocycles. The summed E-state index contributed by atoms with van der Waals surface area (Å²) in [6, 6.07) is 8.81. The maximum atomic E-state index is 11.8. The molecule has 1 aliphatic rings. The van der Waals surface area contributed by atoms with Crippen molar-refractivity contribution in [1.82, 2.24) is 10.6 Å². The largest absolute Gasteiger partial charge is 0.392 e. The lowest BCUT2D eigenvalue weighted by Crippen LogP contribution is -2.39. The lowest BCUT2D eigenvalue weighted by Gasteiger charge is -2.10. The van der Waals surface area contributed by atoms with E-state index < -0.39 is 6.10 Å². The molecule has 2 rings (SSSR count). The van der Waals surface area contributed by atoms with Crippen molar-refractivity contribution in [3.05, 3.63) is 35.4 Å². The maximum absolute atomic E-state index is 11.8. The highest BCUT2D eigenvalue weighted by Gasteiger charge is 2.27. The zero-order valence-corrected chi connectivity index (χ0v) is 9.89. The van der Waals surface area contributed by atoms with Gasteiger partial charge in [-0.1, -0.05) is 12.1 Å². The van der Waals surface area contributed by atoms with Gasteiger partial charge in [-0.25, -0.2) is 0 Å². The Balaban J connectivity index is 1.84. The first-order valence-corrected chi connectivity index (χ1v) is 5.87. The van der Waals surface area contributed by atoms with Crippen LogP contribution in [0.3, 0.4) is 0 Å². The van der Waals surface area contributed by atoms with Gasteiger partial charge in [0, 0.05) is 13.1 Å². The summed E-state index contributed by atoms with van der Waals surface area (Å²) in [7, 11) is 0. The van der Waals surface area contributed by atoms with Crippen LogP contribution in [0.15, 0.2) is 24.3 Å². The summed E-state index contributed by atoms with van der Waals surface area (Å²) in [5.74, 6) is -0.101. The van der Waals surface area contributed by atoms with Crippen LogP contribution in [-0.2, 0) is 11.3 Å². The summed E-state index contributed by atoms with van der Waals surface area (Å²) in [6.07, 6.45) is 0.0230. The monoisotopic (exact) mass is 245 g/mol. The zero-order valence-electron chi connectivity index (χ0n) is 9.89. The topological polar surface area (TPSA) is 85.2 Å². The molecular weight excluding hydrogens is 230 g/mol. The molecular formula is C13H15N3O2. The van der Waals surface area contributed by atoms with Crippen molar-refractivity contribution in [3.8, 4) is 6.07 Å². The second-order valence-electron chi connectivity index (χ2n) is 4.38. The first-order valence-electron chi connectivity index (χ1n) is 5.87. The minimum Gasteiger partial charge on any atom is -0.392 e. The third-order valence-corrected chi connectivity index (χ3v) is 2.97. The van der Waals surface area contributed by atoms with Gasteiger partial charge in [0.15, 0.2) is 0 Å². The predicted octanol–water partition coefficient (Wildman–Crippen LogP) is -0.103. The van der Waals surface area contributed by atoms with E-state index in [2.05, 4.69) is 10.6 Å². The van der Waals surface area contributed by atoms with Crippen LogP contribution in [-0.4, -0.2) is 29.7 Å². The van der Waals surface area contributed by atoms with Gasteiger partial charge in [-0.2, -0.15) is 5.26 Å². The third kappa shape index (κ3) is 3.06. The van der Waals surface area contributed by atoms with E-state index in [-0.39, 0.29) is 11.9 Å². The van der Waals surface area contributed by atoms with E-state index >= 15 is 0 Å². The van der Waals surface area contributed by atoms with Crippen LogP contribution in [0.1, 0.15) is 17.5 Å². The molecule has 0 aromatic heterocycles. The number of aliphatic hydroxyl groups is 1. The first-order chi connectivity index (χ1) is 8.69. The molecule has 0 spiro atoms. The Hall–Kier alpha value is -1.90. The van der Waals surface area contributed by atoms with Crippen LogP contribution in [0.25, 0.3) is 0 Å². The Morgan fingerprint density at radius 3 is 2.78 bits per heavy atom. The van der Waals surface area contributed by atoms with Gasteiger partial charge in [-0.15, -0.1) is 0 Å². The van der Waals surface area contributed by atoms with Crippen LogP contribution in [0.2, 0.25) is 0 Å². The van der Waals surface area contributed by atoms with Crippen molar-refractivity contribution in [1.29, 1.82) is 5.26 Å². The number of nitrogens with one attached hydrogen (secondary N) is 2. The van der Waals surface area contributed by atoms with Gasteiger partial charge in [0.1, 0.15) is 0 Å². The minimum atomic E-state index is -0.435. The molecule has 3 N–H and O–H groups in total. The average molecular weight is 245 g/mol. The number of carbonyl (C=O) groups excluding carboxylic acids is 1. The summed E-state index contributed by atoms with van der Waals surface area (Å²) < 4.78 is 0. The fourth-order valence-electron chi connectivity index (χ4n) is 1.93. The smallest absolute Gasteiger partial charge is 0.237 e. The van der Waals surface area contributed by atoms with E-state index in [1.54, 1.807) is 12.1 Å². The van der Waals surface area contributed by atoms with Crippen molar-refractivity contribution in [2.24, 2.45) is 0 Å². The molecule has 2 unspecified atom stereocenters. The van der Waals surface area contributed by atoms with E-state index in [4.69, 9.17) is 5.26 Å². The number of amides is 1. The van der Waals surface area contributed by atoms with E-state index in [9.17, 15) is 9.90 Å². The Bertz CT molecular complexity index is 464. The van der Waals surface area contributed by atoms with Crippen molar-refractivity contribution < 1.29 is 9.90 Å². The summed E-state index contributed by atoms with van der Waals surface area (Å²) in [5, 5.41) is 23.7. The molecule has 0 aliphatic carbocycles. The maximum Gasteiger partial charge on any atom is 0.237 e. The number of hydrogen-bond acceptors (Lipinski definition) is 4. The van der Waals surface area contributed by atoms with Gasteiger partial charge in [-0.05, 0) is 24.1 Å². The molecule has 1 aromatic carbocycles. The molecule has 18 heavy (non-hydrogen) atoms. The third-order valence-electron chi connectivity index (χ3n) is 2.97. The summed E-state index contributed by atoms with van der Waals surface area (Å²) >= 11 is 0. The quantitative estimate of drug-likeness (QED) is 0.694. The van der Waals surface area contributed by atoms with Crippen LogP contribution < -0.4 is 10.6 Å². The molecule has 1 heterocycles. The number of nitriles is 1. The van der Waals surface area contributed by atoms with Crippen LogP contribution in [0.5, 0.6) is 0 Å². The number of hydrogen-bond donors (Lipinski definition) is 3. The first kappa shape index (κ1) is 12.6. The highest BCUT2D eigenvalue weighted by atomic mass is 16.3. The SMILES string of the molecule is N#Cc1ccc(CNC(=O)C2CC(O)CN2)cc1. The van der Waals surface area contributed by atoms with E-state index in [0.717, 1.165) is 5.56 Å². The van der Waals surface area contributed by atoms with Gasteiger partial charge < -0.3 is 15.7 Å². The van der Waals surface area contributed by atoms with Crippen molar-refractivity contribution in [2.75, 3.05) is 6.54 Å². The molecule has 1 aliphatic heterocycles. The Morgan fingerprint density at radius 1 is 1.50 bits per heavy atom. The minimum absolute atomic E-state index is 0.101. The summed E-state index contributed by atoms with van der Waals surface area (Å²) in [4.78, 5) is 11.8. The van der Waals surface area contributed by atoms with Crippen molar-refractivity contribution >= 4 is 5.91 Å². The van der Waals surface area contributed by atoms with Crippen molar-refractivity contribution in [3.63, 3.8) is 0 Å². The van der Waals surface area contributed by atoms with E-state index in [0.29, 0.717) is 25.1 Å². The number of rotatable bonds is 3. The molecule has 94 valence electrons. The van der Waals surface area contributed by atoms with E-state index in [1.807, 2.05) is 18.2 Å². The molecule has 5 nitrogen and oxygen atoms in total. The number of β-amino-alcohol motifs (C(OH)–C–C–N with tert-alkyl or cyclic N) is 1. The molecule has 5 heteroatoms. The molecule has 0 bridgehead atoms. The fraction of sp³-hybridized carbons (Fsp3) is 0.385. The lowest BCUT2D eigenvalue weighted by molar-refractivity contribution is -0.123. The van der Waals surface area contributed by atoms with Gasteiger partial charge in [-0.3, -0.25) is 4.79 Å². The molecule has 2 atom stereocenters. The number of nitrogens with zero attached hydrogens (tertiary/aromatic N) is 1. The van der Waals surface area contributed by atoms with Gasteiger partial charge in [0.05, 0.1) is 23.8 Å².